The Bertz CT molecular complexity index is 419. The quantitative estimate of drug-likeness (QED) is 0.264. The third-order valence-electron chi connectivity index (χ3n) is 2.07. The van der Waals surface area contributed by atoms with Crippen molar-refractivity contribution in [3.63, 3.8) is 0 Å². The van der Waals surface area contributed by atoms with Crippen LogP contribution in [0, 0.1) is 10.1 Å². The van der Waals surface area contributed by atoms with Gasteiger partial charge in [-0.1, -0.05) is 0 Å². The molecular formula is C8H12BrN5O3. The maximum atomic E-state index is 10.8. The zero-order valence-electron chi connectivity index (χ0n) is 8.93. The summed E-state index contributed by atoms with van der Waals surface area (Å²) >= 11 is 3.06. The topological polar surface area (TPSA) is 116 Å². The lowest BCUT2D eigenvalue weighted by atomic mass is 10.2. The van der Waals surface area contributed by atoms with Crippen molar-refractivity contribution in [2.45, 2.75) is 25.8 Å². The highest BCUT2D eigenvalue weighted by molar-refractivity contribution is 9.10. The molecule has 0 aliphatic heterocycles. The van der Waals surface area contributed by atoms with E-state index in [1.54, 1.807) is 6.20 Å². The number of amides is 1. The monoisotopic (exact) mass is 305 g/mol. The number of hydrogen-bond donors (Lipinski definition) is 2. The van der Waals surface area contributed by atoms with E-state index in [4.69, 9.17) is 5.84 Å². The molecule has 0 saturated heterocycles. The van der Waals surface area contributed by atoms with Gasteiger partial charge < -0.3 is 10.1 Å². The third kappa shape index (κ3) is 4.11. The van der Waals surface area contributed by atoms with Gasteiger partial charge >= 0.3 is 5.82 Å². The summed E-state index contributed by atoms with van der Waals surface area (Å²) in [5.74, 6) is 4.50. The highest BCUT2D eigenvalue weighted by atomic mass is 79.9. The third-order valence-corrected chi connectivity index (χ3v) is 2.63. The molecule has 1 heterocycles. The van der Waals surface area contributed by atoms with Gasteiger partial charge in [0.15, 0.2) is 0 Å². The molecule has 0 atom stereocenters. The minimum Gasteiger partial charge on any atom is -0.358 e. The van der Waals surface area contributed by atoms with Crippen LogP contribution >= 0.6 is 15.9 Å². The largest absolute Gasteiger partial charge is 0.404 e. The van der Waals surface area contributed by atoms with Crippen LogP contribution in [0.25, 0.3) is 0 Å². The molecule has 1 amide bonds. The fraction of sp³-hybridized carbons (Fsp3) is 0.500. The number of nitro groups is 1. The first-order chi connectivity index (χ1) is 8.04. The number of nitrogens with zero attached hydrogens (tertiary/aromatic N) is 3. The first kappa shape index (κ1) is 13.6. The fourth-order valence-electron chi connectivity index (χ4n) is 1.26. The molecular weight excluding hydrogens is 294 g/mol. The molecule has 0 saturated carbocycles. The van der Waals surface area contributed by atoms with E-state index in [-0.39, 0.29) is 11.7 Å². The normalized spacial score (nSPS) is 10.2. The second-order valence-electron chi connectivity index (χ2n) is 3.35. The molecule has 3 N–H and O–H groups in total. The Morgan fingerprint density at radius 2 is 2.35 bits per heavy atom. The predicted octanol–water partition coefficient (Wildman–Crippen LogP) is 0.714. The number of rotatable bonds is 6. The van der Waals surface area contributed by atoms with Gasteiger partial charge in [-0.05, 0) is 33.7 Å². The number of nitrogens with one attached hydrogen (secondary N) is 1. The van der Waals surface area contributed by atoms with Gasteiger partial charge in [-0.15, -0.1) is 0 Å². The van der Waals surface area contributed by atoms with Gasteiger partial charge in [-0.2, -0.15) is 4.68 Å². The summed E-state index contributed by atoms with van der Waals surface area (Å²) in [5, 5.41) is 14.3. The first-order valence-corrected chi connectivity index (χ1v) is 5.70. The molecule has 0 aliphatic carbocycles. The Morgan fingerprint density at radius 1 is 1.65 bits per heavy atom. The summed E-state index contributed by atoms with van der Waals surface area (Å²) < 4.78 is 1.82. The molecule has 0 bridgehead atoms. The van der Waals surface area contributed by atoms with Gasteiger partial charge in [0.2, 0.25) is 5.91 Å². The molecule has 9 heteroatoms. The molecule has 0 spiro atoms. The van der Waals surface area contributed by atoms with Gasteiger partial charge in [-0.3, -0.25) is 10.2 Å². The summed E-state index contributed by atoms with van der Waals surface area (Å²) in [6, 6.07) is 0. The minimum atomic E-state index is -0.553. The van der Waals surface area contributed by atoms with E-state index in [0.29, 0.717) is 30.3 Å². The molecule has 0 unspecified atom stereocenters. The van der Waals surface area contributed by atoms with Crippen molar-refractivity contribution in [1.82, 2.24) is 15.2 Å². The Hall–Kier alpha value is -1.48. The standard InChI is InChI=1S/C8H12BrN5O3/c9-6-5-13(12-8(6)14(16)17)4-2-1-3-7(15)11-10/h5H,1-4,10H2,(H,11,15). The van der Waals surface area contributed by atoms with E-state index in [1.807, 2.05) is 5.43 Å². The lowest BCUT2D eigenvalue weighted by molar-refractivity contribution is -0.390. The Labute approximate surface area is 105 Å². The summed E-state index contributed by atoms with van der Waals surface area (Å²) in [4.78, 5) is 20.8. The number of aryl methyl sites for hydroxylation is 1. The van der Waals surface area contributed by atoms with Gasteiger partial charge in [0.05, 0.1) is 17.8 Å². The Balaban J connectivity index is 2.40. The van der Waals surface area contributed by atoms with Crippen LogP contribution in [0.2, 0.25) is 0 Å². The molecule has 1 aromatic rings. The van der Waals surface area contributed by atoms with Crippen LogP contribution in [0.5, 0.6) is 0 Å². The molecule has 0 aliphatic rings. The van der Waals surface area contributed by atoms with Crippen molar-refractivity contribution in [3.8, 4) is 0 Å². The number of nitrogens with two attached hydrogens (primary N) is 1. The van der Waals surface area contributed by atoms with Gasteiger partial charge in [0, 0.05) is 6.42 Å². The second kappa shape index (κ2) is 6.30. The second-order valence-corrected chi connectivity index (χ2v) is 4.20. The van der Waals surface area contributed by atoms with Crippen LogP contribution in [0.4, 0.5) is 5.82 Å². The number of aromatic nitrogens is 2. The van der Waals surface area contributed by atoms with Crippen LogP contribution in [-0.2, 0) is 11.3 Å². The number of carbonyl (C=O) groups is 1. The number of hydrazine groups is 1. The van der Waals surface area contributed by atoms with Crippen LogP contribution in [0.1, 0.15) is 19.3 Å². The molecule has 1 rings (SSSR count). The molecule has 0 fully saturated rings. The zero-order chi connectivity index (χ0) is 12.8. The molecule has 8 nitrogen and oxygen atoms in total. The lowest BCUT2D eigenvalue weighted by Gasteiger charge is -1.98. The van der Waals surface area contributed by atoms with Crippen molar-refractivity contribution in [3.05, 3.63) is 20.8 Å². The molecule has 1 aromatic heterocycles. The van der Waals surface area contributed by atoms with E-state index in [0.717, 1.165) is 0 Å². The van der Waals surface area contributed by atoms with E-state index in [1.165, 1.54) is 4.68 Å². The highest BCUT2D eigenvalue weighted by Crippen LogP contribution is 2.22. The minimum absolute atomic E-state index is 0.204. The maximum absolute atomic E-state index is 10.8. The van der Waals surface area contributed by atoms with Crippen LogP contribution < -0.4 is 11.3 Å². The summed E-state index contributed by atoms with van der Waals surface area (Å²) in [6.07, 6.45) is 3.22. The summed E-state index contributed by atoms with van der Waals surface area (Å²) in [5.41, 5.74) is 2.03. The van der Waals surface area contributed by atoms with E-state index >= 15 is 0 Å². The first-order valence-electron chi connectivity index (χ1n) is 4.91. The zero-order valence-corrected chi connectivity index (χ0v) is 10.5. The number of hydrogen-bond acceptors (Lipinski definition) is 5. The van der Waals surface area contributed by atoms with Gasteiger partial charge in [-0.25, -0.2) is 5.84 Å². The highest BCUT2D eigenvalue weighted by Gasteiger charge is 2.17. The van der Waals surface area contributed by atoms with Crippen LogP contribution in [0.3, 0.4) is 0 Å². The number of carbonyl (C=O) groups excluding carboxylic acids is 1. The van der Waals surface area contributed by atoms with Crippen molar-refractivity contribution in [1.29, 1.82) is 0 Å². The Kier molecular flexibility index (Phi) is 5.04. The molecule has 94 valence electrons. The average molecular weight is 306 g/mol. The van der Waals surface area contributed by atoms with Crippen LogP contribution in [-0.4, -0.2) is 20.6 Å². The predicted molar refractivity (Wildman–Crippen MR) is 62.8 cm³/mol. The number of unbranched alkanes of at least 4 members (excludes halogenated alkanes) is 1. The van der Waals surface area contributed by atoms with Gasteiger partial charge in [0.25, 0.3) is 0 Å². The molecule has 0 aromatic carbocycles. The lowest BCUT2D eigenvalue weighted by Crippen LogP contribution is -2.29. The smallest absolute Gasteiger partial charge is 0.358 e. The summed E-state index contributed by atoms with van der Waals surface area (Å²) in [6.45, 7) is 0.518. The van der Waals surface area contributed by atoms with Crippen molar-refractivity contribution < 1.29 is 9.72 Å². The molecule has 17 heavy (non-hydrogen) atoms. The van der Waals surface area contributed by atoms with Crippen molar-refractivity contribution in [2.24, 2.45) is 5.84 Å². The van der Waals surface area contributed by atoms with Gasteiger partial charge in [0.1, 0.15) is 4.47 Å². The van der Waals surface area contributed by atoms with E-state index in [2.05, 4.69) is 21.0 Å². The summed E-state index contributed by atoms with van der Waals surface area (Å²) in [7, 11) is 0. The van der Waals surface area contributed by atoms with E-state index < -0.39 is 4.92 Å². The Morgan fingerprint density at radius 3 is 2.88 bits per heavy atom. The molecule has 0 radical (unpaired) electrons. The van der Waals surface area contributed by atoms with Crippen molar-refractivity contribution in [2.75, 3.05) is 0 Å². The number of halogens is 1. The fourth-order valence-corrected chi connectivity index (χ4v) is 1.72. The van der Waals surface area contributed by atoms with Crippen molar-refractivity contribution >= 4 is 27.7 Å². The maximum Gasteiger partial charge on any atom is 0.404 e. The average Bonchev–Trinajstić information content (AvgIpc) is 2.65. The SMILES string of the molecule is NNC(=O)CCCCn1cc(Br)c([N+](=O)[O-])n1. The van der Waals surface area contributed by atoms with E-state index in [9.17, 15) is 14.9 Å². The van der Waals surface area contributed by atoms with Crippen LogP contribution in [0.15, 0.2) is 10.7 Å².